The predicted molar refractivity (Wildman–Crippen MR) is 93.8 cm³/mol. The molecule has 0 amide bonds. The first-order valence-corrected chi connectivity index (χ1v) is 8.49. The normalized spacial score (nSPS) is 13.2. The van der Waals surface area contributed by atoms with Crippen LogP contribution in [0.4, 0.5) is 0 Å². The third kappa shape index (κ3) is 2.75. The lowest BCUT2D eigenvalue weighted by atomic mass is 10.0. The van der Waals surface area contributed by atoms with Crippen molar-refractivity contribution in [1.29, 1.82) is 0 Å². The van der Waals surface area contributed by atoms with Crippen molar-refractivity contribution < 1.29 is 4.74 Å². The summed E-state index contributed by atoms with van der Waals surface area (Å²) in [5.41, 5.74) is 3.59. The fourth-order valence-corrected chi connectivity index (χ4v) is 3.50. The highest BCUT2D eigenvalue weighted by atomic mass is 16.5. The molecule has 3 aromatic rings. The smallest absolute Gasteiger partial charge is 0.343 e. The van der Waals surface area contributed by atoms with E-state index in [9.17, 15) is 4.79 Å². The largest absolute Gasteiger partial charge is 0.496 e. The van der Waals surface area contributed by atoms with Crippen molar-refractivity contribution in [3.8, 4) is 17.1 Å². The Kier molecular flexibility index (Phi) is 3.91. The molecular weight excluding hydrogens is 318 g/mol. The SMILES string of the molecule is COc1cc2c(cc1-c1nccn1CCc1n[nH]c(=O)n1C)CCC2. The number of aromatic nitrogens is 5. The van der Waals surface area contributed by atoms with E-state index >= 15 is 0 Å². The maximum Gasteiger partial charge on any atom is 0.343 e. The highest BCUT2D eigenvalue weighted by Crippen LogP contribution is 2.35. The number of fused-ring (bicyclic) bond motifs is 1. The van der Waals surface area contributed by atoms with Crippen molar-refractivity contribution in [2.45, 2.75) is 32.2 Å². The molecule has 1 N–H and O–H groups in total. The summed E-state index contributed by atoms with van der Waals surface area (Å²) in [6.07, 6.45) is 7.82. The van der Waals surface area contributed by atoms with Gasteiger partial charge in [-0.25, -0.2) is 14.9 Å². The lowest BCUT2D eigenvalue weighted by Gasteiger charge is -2.13. The molecule has 0 atom stereocenters. The van der Waals surface area contributed by atoms with Crippen molar-refractivity contribution in [3.63, 3.8) is 0 Å². The van der Waals surface area contributed by atoms with Crippen molar-refractivity contribution in [2.75, 3.05) is 7.11 Å². The summed E-state index contributed by atoms with van der Waals surface area (Å²) >= 11 is 0. The molecule has 0 radical (unpaired) electrons. The average Bonchev–Trinajstić information content (AvgIpc) is 3.33. The van der Waals surface area contributed by atoms with Crippen LogP contribution in [-0.2, 0) is 32.9 Å². The quantitative estimate of drug-likeness (QED) is 0.768. The molecule has 1 aliphatic carbocycles. The first-order chi connectivity index (χ1) is 12.2. The maximum atomic E-state index is 11.5. The second-order valence-electron chi connectivity index (χ2n) is 6.37. The number of nitrogens with one attached hydrogen (secondary N) is 1. The number of hydrogen-bond acceptors (Lipinski definition) is 4. The van der Waals surface area contributed by atoms with Crippen molar-refractivity contribution in [3.05, 3.63) is 52.0 Å². The minimum absolute atomic E-state index is 0.193. The summed E-state index contributed by atoms with van der Waals surface area (Å²) in [4.78, 5) is 16.0. The van der Waals surface area contributed by atoms with Crippen LogP contribution in [0, 0.1) is 0 Å². The highest BCUT2D eigenvalue weighted by molar-refractivity contribution is 5.67. The molecule has 4 rings (SSSR count). The molecule has 0 saturated heterocycles. The van der Waals surface area contributed by atoms with Crippen LogP contribution < -0.4 is 10.4 Å². The number of aromatic amines is 1. The molecule has 2 aromatic heterocycles. The minimum Gasteiger partial charge on any atom is -0.496 e. The van der Waals surface area contributed by atoms with E-state index in [1.807, 2.05) is 6.20 Å². The zero-order valence-electron chi connectivity index (χ0n) is 14.5. The summed E-state index contributed by atoms with van der Waals surface area (Å²) in [5.74, 6) is 2.47. The van der Waals surface area contributed by atoms with Gasteiger partial charge in [0.25, 0.3) is 0 Å². The molecule has 0 unspecified atom stereocenters. The lowest BCUT2D eigenvalue weighted by molar-refractivity contribution is 0.415. The van der Waals surface area contributed by atoms with Crippen LogP contribution >= 0.6 is 0 Å². The fourth-order valence-electron chi connectivity index (χ4n) is 3.50. The van der Waals surface area contributed by atoms with Gasteiger partial charge in [0.05, 0.1) is 12.7 Å². The van der Waals surface area contributed by atoms with Gasteiger partial charge in [0.1, 0.15) is 17.4 Å². The van der Waals surface area contributed by atoms with Gasteiger partial charge in [-0.2, -0.15) is 5.10 Å². The lowest BCUT2D eigenvalue weighted by Crippen LogP contribution is -2.15. The molecular formula is C18H21N5O2. The first kappa shape index (κ1) is 15.7. The third-order valence-corrected chi connectivity index (χ3v) is 4.92. The molecule has 0 spiro atoms. The Morgan fingerprint density at radius 3 is 2.80 bits per heavy atom. The van der Waals surface area contributed by atoms with Crippen molar-refractivity contribution in [1.82, 2.24) is 24.3 Å². The maximum absolute atomic E-state index is 11.5. The van der Waals surface area contributed by atoms with Gasteiger partial charge in [0.2, 0.25) is 0 Å². The van der Waals surface area contributed by atoms with Gasteiger partial charge in [-0.1, -0.05) is 0 Å². The van der Waals surface area contributed by atoms with E-state index in [1.54, 1.807) is 20.4 Å². The molecule has 25 heavy (non-hydrogen) atoms. The van der Waals surface area contributed by atoms with Gasteiger partial charge in [-0.05, 0) is 42.5 Å². The number of hydrogen-bond donors (Lipinski definition) is 1. The number of rotatable bonds is 5. The van der Waals surface area contributed by atoms with Crippen LogP contribution in [-0.4, -0.2) is 31.4 Å². The van der Waals surface area contributed by atoms with Crippen LogP contribution in [0.2, 0.25) is 0 Å². The molecule has 130 valence electrons. The van der Waals surface area contributed by atoms with Crippen LogP contribution in [0.1, 0.15) is 23.4 Å². The van der Waals surface area contributed by atoms with Gasteiger partial charge in [-0.3, -0.25) is 4.57 Å². The Bertz CT molecular complexity index is 966. The molecule has 0 saturated carbocycles. The van der Waals surface area contributed by atoms with Crippen molar-refractivity contribution in [2.24, 2.45) is 7.05 Å². The summed E-state index contributed by atoms with van der Waals surface area (Å²) in [5, 5.41) is 6.54. The summed E-state index contributed by atoms with van der Waals surface area (Å²) in [6, 6.07) is 4.36. The number of imidazole rings is 1. The van der Waals surface area contributed by atoms with Gasteiger partial charge in [0.15, 0.2) is 0 Å². The van der Waals surface area contributed by atoms with Crippen LogP contribution in [0.5, 0.6) is 5.75 Å². The number of nitrogens with zero attached hydrogens (tertiary/aromatic N) is 4. The van der Waals surface area contributed by atoms with E-state index in [0.29, 0.717) is 13.0 Å². The average molecular weight is 339 g/mol. The van der Waals surface area contributed by atoms with E-state index in [1.165, 1.54) is 22.1 Å². The van der Waals surface area contributed by atoms with E-state index in [4.69, 9.17) is 4.74 Å². The third-order valence-electron chi connectivity index (χ3n) is 4.92. The number of ether oxygens (including phenoxy) is 1. The second kappa shape index (κ2) is 6.23. The Hall–Kier alpha value is -2.83. The topological polar surface area (TPSA) is 77.7 Å². The van der Waals surface area contributed by atoms with Gasteiger partial charge < -0.3 is 9.30 Å². The number of aryl methyl sites for hydroxylation is 4. The van der Waals surface area contributed by atoms with Gasteiger partial charge in [0, 0.05) is 32.4 Å². The second-order valence-corrected chi connectivity index (χ2v) is 6.37. The molecule has 0 aliphatic heterocycles. The number of H-pyrrole nitrogens is 1. The summed E-state index contributed by atoms with van der Waals surface area (Å²) < 4.78 is 9.23. The molecule has 1 aliphatic rings. The highest BCUT2D eigenvalue weighted by Gasteiger charge is 2.19. The molecule has 2 heterocycles. The van der Waals surface area contributed by atoms with Crippen LogP contribution in [0.15, 0.2) is 29.3 Å². The molecule has 7 heteroatoms. The first-order valence-electron chi connectivity index (χ1n) is 8.49. The van der Waals surface area contributed by atoms with E-state index in [0.717, 1.165) is 35.8 Å². The minimum atomic E-state index is -0.193. The zero-order valence-corrected chi connectivity index (χ0v) is 14.5. The Labute approximate surface area is 145 Å². The Balaban J connectivity index is 1.66. The van der Waals surface area contributed by atoms with Gasteiger partial charge in [-0.15, -0.1) is 0 Å². The van der Waals surface area contributed by atoms with Crippen LogP contribution in [0.3, 0.4) is 0 Å². The predicted octanol–water partition coefficient (Wildman–Crippen LogP) is 1.71. The summed E-state index contributed by atoms with van der Waals surface area (Å²) in [7, 11) is 3.42. The zero-order chi connectivity index (χ0) is 17.4. The Morgan fingerprint density at radius 1 is 1.28 bits per heavy atom. The molecule has 1 aromatic carbocycles. The van der Waals surface area contributed by atoms with E-state index in [-0.39, 0.29) is 5.69 Å². The van der Waals surface area contributed by atoms with Crippen LogP contribution in [0.25, 0.3) is 11.4 Å². The monoisotopic (exact) mass is 339 g/mol. The standard InChI is InChI=1S/C18H21N5O2/c1-22-16(20-21-18(22)24)6-8-23-9-7-19-17(23)14-10-12-4-3-5-13(12)11-15(14)25-2/h7,9-11H,3-6,8H2,1-2H3,(H,21,24). The Morgan fingerprint density at radius 2 is 2.08 bits per heavy atom. The van der Waals surface area contributed by atoms with Gasteiger partial charge >= 0.3 is 5.69 Å². The molecule has 7 nitrogen and oxygen atoms in total. The summed E-state index contributed by atoms with van der Waals surface area (Å²) in [6.45, 7) is 0.688. The van der Waals surface area contributed by atoms with E-state index in [2.05, 4.69) is 31.9 Å². The molecule has 0 fully saturated rings. The molecule has 0 bridgehead atoms. The fraction of sp³-hybridized carbons (Fsp3) is 0.389. The number of methoxy groups -OCH3 is 1. The van der Waals surface area contributed by atoms with Crippen molar-refractivity contribution >= 4 is 0 Å². The number of benzene rings is 1. The van der Waals surface area contributed by atoms with E-state index < -0.39 is 0 Å².